The minimum absolute atomic E-state index is 0.176. The summed E-state index contributed by atoms with van der Waals surface area (Å²) in [6.07, 6.45) is 2.61. The summed E-state index contributed by atoms with van der Waals surface area (Å²) in [4.78, 5) is 29.3. The van der Waals surface area contributed by atoms with Gasteiger partial charge in [-0.1, -0.05) is 12.6 Å². The molecule has 0 aliphatic carbocycles. The highest BCUT2D eigenvalue weighted by molar-refractivity contribution is 5.92. The third-order valence-corrected chi connectivity index (χ3v) is 6.54. The lowest BCUT2D eigenvalue weighted by atomic mass is 10.1. The molecule has 0 saturated carbocycles. The third-order valence-electron chi connectivity index (χ3n) is 6.54. The summed E-state index contributed by atoms with van der Waals surface area (Å²) in [7, 11) is 1.86. The Morgan fingerprint density at radius 3 is 2.48 bits per heavy atom. The van der Waals surface area contributed by atoms with Gasteiger partial charge in [0.1, 0.15) is 17.1 Å². The van der Waals surface area contributed by atoms with Crippen LogP contribution in [0.4, 0.5) is 26.6 Å². The van der Waals surface area contributed by atoms with Gasteiger partial charge in [0.05, 0.1) is 29.3 Å². The van der Waals surface area contributed by atoms with Crippen LogP contribution in [0.1, 0.15) is 33.4 Å². The van der Waals surface area contributed by atoms with Gasteiger partial charge in [0.15, 0.2) is 5.82 Å². The molecule has 1 saturated heterocycles. The molecule has 4 aromatic rings. The molecule has 11 heteroatoms. The molecule has 1 aliphatic rings. The SMILES string of the molecule is C=C(C)c1c2cc(-c3nc(Nc4ccc(N5CCN(C(=O)OC(C)(C)C)CC5)cn4)ncc3F)ccc2nn1C. The fraction of sp³-hybridized carbons (Fsp3) is 0.345. The number of halogens is 1. The summed E-state index contributed by atoms with van der Waals surface area (Å²) >= 11 is 0. The number of fused-ring (bicyclic) bond motifs is 1. The first-order valence-corrected chi connectivity index (χ1v) is 13.1. The fourth-order valence-electron chi connectivity index (χ4n) is 4.72. The predicted molar refractivity (Wildman–Crippen MR) is 154 cm³/mol. The minimum Gasteiger partial charge on any atom is -0.444 e. The summed E-state index contributed by atoms with van der Waals surface area (Å²) in [6, 6.07) is 9.28. The number of hydrogen-bond acceptors (Lipinski definition) is 8. The summed E-state index contributed by atoms with van der Waals surface area (Å²) in [5, 5.41) is 8.46. The number of nitrogens with one attached hydrogen (secondary N) is 1. The lowest BCUT2D eigenvalue weighted by Gasteiger charge is -2.36. The molecule has 40 heavy (non-hydrogen) atoms. The van der Waals surface area contributed by atoms with Gasteiger partial charge in [-0.05, 0) is 57.5 Å². The summed E-state index contributed by atoms with van der Waals surface area (Å²) in [5.41, 5.74) is 3.76. The van der Waals surface area contributed by atoms with Crippen LogP contribution in [0.3, 0.4) is 0 Å². The molecule has 0 unspecified atom stereocenters. The molecule has 1 N–H and O–H groups in total. The Kier molecular flexibility index (Phi) is 7.14. The van der Waals surface area contributed by atoms with Crippen LogP contribution < -0.4 is 10.2 Å². The van der Waals surface area contributed by atoms with Gasteiger partial charge in [-0.2, -0.15) is 5.10 Å². The molecular weight excluding hydrogens is 511 g/mol. The zero-order chi connectivity index (χ0) is 28.6. The molecule has 4 heterocycles. The number of carbonyl (C=O) groups is 1. The molecular formula is C29H33FN8O2. The number of benzene rings is 1. The minimum atomic E-state index is -0.528. The van der Waals surface area contributed by atoms with Crippen molar-refractivity contribution in [3.8, 4) is 11.3 Å². The van der Waals surface area contributed by atoms with E-state index in [1.54, 1.807) is 21.8 Å². The molecule has 208 valence electrons. The Labute approximate surface area is 232 Å². The zero-order valence-electron chi connectivity index (χ0n) is 23.4. The lowest BCUT2D eigenvalue weighted by Crippen LogP contribution is -2.50. The van der Waals surface area contributed by atoms with Crippen LogP contribution >= 0.6 is 0 Å². The van der Waals surface area contributed by atoms with Gasteiger partial charge in [0, 0.05) is 44.2 Å². The number of ether oxygens (including phenoxy) is 1. The van der Waals surface area contributed by atoms with Crippen molar-refractivity contribution in [1.29, 1.82) is 0 Å². The number of allylic oxidation sites excluding steroid dienone is 1. The molecule has 1 aliphatic heterocycles. The number of aryl methyl sites for hydroxylation is 1. The molecule has 1 fully saturated rings. The fourth-order valence-corrected chi connectivity index (χ4v) is 4.72. The Balaban J connectivity index is 1.28. The van der Waals surface area contributed by atoms with Crippen LogP contribution in [0, 0.1) is 5.82 Å². The number of carbonyl (C=O) groups excluding carboxylic acids is 1. The van der Waals surface area contributed by atoms with Crippen molar-refractivity contribution < 1.29 is 13.9 Å². The monoisotopic (exact) mass is 544 g/mol. The van der Waals surface area contributed by atoms with Crippen LogP contribution in [-0.2, 0) is 11.8 Å². The van der Waals surface area contributed by atoms with Gasteiger partial charge in [-0.3, -0.25) is 4.68 Å². The number of aromatic nitrogens is 5. The average Bonchev–Trinajstić information content (AvgIpc) is 3.24. The van der Waals surface area contributed by atoms with E-state index in [2.05, 4.69) is 36.8 Å². The number of piperazine rings is 1. The number of anilines is 3. The maximum absolute atomic E-state index is 14.8. The van der Waals surface area contributed by atoms with Crippen molar-refractivity contribution >= 4 is 40.0 Å². The Bertz CT molecular complexity index is 1570. The van der Waals surface area contributed by atoms with E-state index in [4.69, 9.17) is 4.74 Å². The van der Waals surface area contributed by atoms with Crippen molar-refractivity contribution in [1.82, 2.24) is 29.6 Å². The zero-order valence-corrected chi connectivity index (χ0v) is 23.4. The van der Waals surface area contributed by atoms with E-state index in [0.29, 0.717) is 37.6 Å². The average molecular weight is 545 g/mol. The van der Waals surface area contributed by atoms with Crippen LogP contribution in [0.2, 0.25) is 0 Å². The summed E-state index contributed by atoms with van der Waals surface area (Å²) < 4.78 is 22.1. The summed E-state index contributed by atoms with van der Waals surface area (Å²) in [5.74, 6) is 0.231. The van der Waals surface area contributed by atoms with Gasteiger partial charge in [0.2, 0.25) is 5.95 Å². The standard InChI is InChI=1S/C29H33FN8O2/c1-18(2)26-21-15-19(7-9-23(21)35-36(26)6)25-22(30)17-32-27(34-25)33-24-10-8-20(16-31-24)37-11-13-38(14-12-37)28(39)40-29(3,4)5/h7-10,15-17H,1,11-14H2,2-6H3,(H,31,32,33,34). The maximum Gasteiger partial charge on any atom is 0.410 e. The number of pyridine rings is 1. The van der Waals surface area contributed by atoms with Gasteiger partial charge in [-0.15, -0.1) is 0 Å². The highest BCUT2D eigenvalue weighted by Crippen LogP contribution is 2.30. The van der Waals surface area contributed by atoms with Crippen LogP contribution in [0.15, 0.2) is 49.3 Å². The van der Waals surface area contributed by atoms with E-state index in [1.165, 1.54) is 0 Å². The van der Waals surface area contributed by atoms with E-state index >= 15 is 0 Å². The van der Waals surface area contributed by atoms with Gasteiger partial charge in [-0.25, -0.2) is 24.1 Å². The second-order valence-corrected chi connectivity index (χ2v) is 10.9. The molecule has 0 radical (unpaired) electrons. The second kappa shape index (κ2) is 10.6. The highest BCUT2D eigenvalue weighted by atomic mass is 19.1. The molecule has 1 aromatic carbocycles. The first-order valence-electron chi connectivity index (χ1n) is 13.1. The van der Waals surface area contributed by atoms with Crippen LogP contribution in [0.25, 0.3) is 27.7 Å². The number of hydrogen-bond donors (Lipinski definition) is 1. The normalized spacial score (nSPS) is 13.9. The molecule has 0 spiro atoms. The van der Waals surface area contributed by atoms with Crippen molar-refractivity contribution in [3.05, 3.63) is 60.8 Å². The van der Waals surface area contributed by atoms with Crippen molar-refractivity contribution in [2.75, 3.05) is 36.4 Å². The quantitative estimate of drug-likeness (QED) is 0.357. The topological polar surface area (TPSA) is 101 Å². The van der Waals surface area contributed by atoms with Crippen LogP contribution in [0.5, 0.6) is 0 Å². The largest absolute Gasteiger partial charge is 0.444 e. The third kappa shape index (κ3) is 5.73. The Morgan fingerprint density at radius 1 is 1.07 bits per heavy atom. The smallest absolute Gasteiger partial charge is 0.410 e. The lowest BCUT2D eigenvalue weighted by molar-refractivity contribution is 0.0240. The molecule has 0 atom stereocenters. The van der Waals surface area contributed by atoms with Gasteiger partial charge < -0.3 is 19.9 Å². The molecule has 10 nitrogen and oxygen atoms in total. The maximum atomic E-state index is 14.8. The number of rotatable bonds is 5. The molecule has 1 amide bonds. The van der Waals surface area contributed by atoms with E-state index < -0.39 is 11.4 Å². The predicted octanol–water partition coefficient (Wildman–Crippen LogP) is 5.40. The van der Waals surface area contributed by atoms with E-state index in [1.807, 2.05) is 59.0 Å². The first kappa shape index (κ1) is 27.0. The van der Waals surface area contributed by atoms with Crippen LogP contribution in [-0.4, -0.2) is 67.5 Å². The van der Waals surface area contributed by atoms with E-state index in [0.717, 1.165) is 34.1 Å². The van der Waals surface area contributed by atoms with Gasteiger partial charge in [0.25, 0.3) is 0 Å². The number of amides is 1. The Morgan fingerprint density at radius 2 is 1.82 bits per heavy atom. The van der Waals surface area contributed by atoms with Crippen molar-refractivity contribution in [2.24, 2.45) is 7.05 Å². The summed E-state index contributed by atoms with van der Waals surface area (Å²) in [6.45, 7) is 14.0. The molecule has 5 rings (SSSR count). The number of nitrogens with zero attached hydrogens (tertiary/aromatic N) is 7. The van der Waals surface area contributed by atoms with E-state index in [-0.39, 0.29) is 17.7 Å². The van der Waals surface area contributed by atoms with Crippen molar-refractivity contribution in [3.63, 3.8) is 0 Å². The molecule has 0 bridgehead atoms. The van der Waals surface area contributed by atoms with E-state index in [9.17, 15) is 9.18 Å². The van der Waals surface area contributed by atoms with Crippen molar-refractivity contribution in [2.45, 2.75) is 33.3 Å². The highest BCUT2D eigenvalue weighted by Gasteiger charge is 2.26. The Hall–Kier alpha value is -4.54. The second-order valence-electron chi connectivity index (χ2n) is 10.9. The molecule has 3 aromatic heterocycles. The van der Waals surface area contributed by atoms with Gasteiger partial charge >= 0.3 is 6.09 Å². The first-order chi connectivity index (χ1) is 19.0.